The molecule has 1 aliphatic carbocycles. The summed E-state index contributed by atoms with van der Waals surface area (Å²) in [5.41, 5.74) is 0.167. The third kappa shape index (κ3) is 3.62. The summed E-state index contributed by atoms with van der Waals surface area (Å²) in [6.07, 6.45) is 4.89. The zero-order valence-electron chi connectivity index (χ0n) is 11.5. The number of rotatable bonds is 5. The van der Waals surface area contributed by atoms with Crippen molar-refractivity contribution in [3.05, 3.63) is 0 Å². The molecule has 1 rings (SSSR count). The molecule has 1 amide bonds. The molecule has 1 unspecified atom stereocenters. The van der Waals surface area contributed by atoms with Crippen LogP contribution in [0.1, 0.15) is 39.5 Å². The van der Waals surface area contributed by atoms with Crippen molar-refractivity contribution in [1.29, 1.82) is 0 Å². The van der Waals surface area contributed by atoms with Crippen molar-refractivity contribution >= 4 is 18.5 Å². The largest absolute Gasteiger partial charge is 0.353 e. The molecule has 100 valence electrons. The SMILES string of the molecule is CC(C)C(S)C(=O)NCC1(N(C)C)CCCC1. The summed E-state index contributed by atoms with van der Waals surface area (Å²) in [6.45, 7) is 4.80. The molecule has 17 heavy (non-hydrogen) atoms. The number of hydrogen-bond acceptors (Lipinski definition) is 3. The Labute approximate surface area is 111 Å². The van der Waals surface area contributed by atoms with Crippen molar-refractivity contribution in [2.75, 3.05) is 20.6 Å². The molecule has 3 nitrogen and oxygen atoms in total. The molecule has 1 N–H and O–H groups in total. The van der Waals surface area contributed by atoms with Crippen molar-refractivity contribution in [3.8, 4) is 0 Å². The zero-order valence-corrected chi connectivity index (χ0v) is 12.4. The minimum atomic E-state index is -0.199. The Hall–Kier alpha value is -0.220. The van der Waals surface area contributed by atoms with Gasteiger partial charge in [0.2, 0.25) is 5.91 Å². The van der Waals surface area contributed by atoms with E-state index in [9.17, 15) is 4.79 Å². The van der Waals surface area contributed by atoms with Gasteiger partial charge >= 0.3 is 0 Å². The summed E-state index contributed by atoms with van der Waals surface area (Å²) >= 11 is 4.35. The van der Waals surface area contributed by atoms with Crippen molar-refractivity contribution in [1.82, 2.24) is 10.2 Å². The van der Waals surface area contributed by atoms with E-state index in [1.807, 2.05) is 13.8 Å². The fraction of sp³-hybridized carbons (Fsp3) is 0.923. The van der Waals surface area contributed by atoms with Crippen LogP contribution in [0, 0.1) is 5.92 Å². The molecule has 1 aliphatic rings. The number of thiol groups is 1. The highest BCUT2D eigenvalue weighted by atomic mass is 32.1. The number of amides is 1. The Morgan fingerprint density at radius 1 is 1.35 bits per heavy atom. The number of carbonyl (C=O) groups is 1. The minimum absolute atomic E-state index is 0.0662. The van der Waals surface area contributed by atoms with E-state index in [1.165, 1.54) is 25.7 Å². The highest BCUT2D eigenvalue weighted by molar-refractivity contribution is 7.81. The summed E-state index contributed by atoms with van der Waals surface area (Å²) in [6, 6.07) is 0. The summed E-state index contributed by atoms with van der Waals surface area (Å²) in [5, 5.41) is 2.87. The molecule has 0 bridgehead atoms. The lowest BCUT2D eigenvalue weighted by Gasteiger charge is -2.36. The second-order valence-electron chi connectivity index (χ2n) is 5.73. The van der Waals surface area contributed by atoms with Crippen LogP contribution in [0.15, 0.2) is 0 Å². The lowest BCUT2D eigenvalue weighted by Crippen LogP contribution is -2.52. The maximum absolute atomic E-state index is 11.9. The maximum Gasteiger partial charge on any atom is 0.233 e. The van der Waals surface area contributed by atoms with Gasteiger partial charge in [0.1, 0.15) is 0 Å². The van der Waals surface area contributed by atoms with Crippen LogP contribution in [0.25, 0.3) is 0 Å². The number of likely N-dealkylation sites (N-methyl/N-ethyl adjacent to an activating group) is 1. The van der Waals surface area contributed by atoms with Gasteiger partial charge in [0.05, 0.1) is 5.25 Å². The van der Waals surface area contributed by atoms with E-state index >= 15 is 0 Å². The third-order valence-electron chi connectivity index (χ3n) is 3.97. The lowest BCUT2D eigenvalue weighted by atomic mass is 9.96. The smallest absolute Gasteiger partial charge is 0.233 e. The second kappa shape index (κ2) is 6.10. The number of nitrogens with zero attached hydrogens (tertiary/aromatic N) is 1. The first-order valence-electron chi connectivity index (χ1n) is 6.52. The molecule has 0 radical (unpaired) electrons. The molecule has 0 saturated heterocycles. The van der Waals surface area contributed by atoms with Crippen LogP contribution in [-0.4, -0.2) is 42.2 Å². The molecule has 0 spiro atoms. The summed E-state index contributed by atoms with van der Waals surface area (Å²) in [7, 11) is 4.22. The topological polar surface area (TPSA) is 32.3 Å². The third-order valence-corrected chi connectivity index (χ3v) is 4.81. The molecular formula is C13H26N2OS. The van der Waals surface area contributed by atoms with E-state index in [-0.39, 0.29) is 22.6 Å². The average molecular weight is 258 g/mol. The first kappa shape index (κ1) is 14.8. The van der Waals surface area contributed by atoms with E-state index in [4.69, 9.17) is 0 Å². The predicted octanol–water partition coefficient (Wildman–Crippen LogP) is 1.93. The zero-order chi connectivity index (χ0) is 13.1. The lowest BCUT2D eigenvalue weighted by molar-refractivity contribution is -0.121. The molecule has 0 aromatic heterocycles. The van der Waals surface area contributed by atoms with Gasteiger partial charge in [-0.3, -0.25) is 4.79 Å². The predicted molar refractivity (Wildman–Crippen MR) is 75.5 cm³/mol. The van der Waals surface area contributed by atoms with Gasteiger partial charge in [-0.2, -0.15) is 12.6 Å². The van der Waals surface area contributed by atoms with E-state index in [2.05, 4.69) is 36.9 Å². The van der Waals surface area contributed by atoms with Crippen LogP contribution >= 0.6 is 12.6 Å². The normalized spacial score (nSPS) is 20.9. The van der Waals surface area contributed by atoms with Gasteiger partial charge in [0, 0.05) is 12.1 Å². The molecule has 0 aliphatic heterocycles. The van der Waals surface area contributed by atoms with E-state index in [0.29, 0.717) is 0 Å². The molecule has 1 atom stereocenters. The molecular weight excluding hydrogens is 232 g/mol. The van der Waals surface area contributed by atoms with Crippen molar-refractivity contribution in [2.24, 2.45) is 5.92 Å². The standard InChI is InChI=1S/C13H26N2OS/c1-10(2)11(17)12(16)14-9-13(15(3)4)7-5-6-8-13/h10-11,17H,5-9H2,1-4H3,(H,14,16). The molecule has 4 heteroatoms. The van der Waals surface area contributed by atoms with Gasteiger partial charge in [-0.1, -0.05) is 26.7 Å². The first-order valence-corrected chi connectivity index (χ1v) is 7.04. The van der Waals surface area contributed by atoms with E-state index in [0.717, 1.165) is 6.54 Å². The summed E-state index contributed by atoms with van der Waals surface area (Å²) < 4.78 is 0. The van der Waals surface area contributed by atoms with E-state index < -0.39 is 0 Å². The highest BCUT2D eigenvalue weighted by Crippen LogP contribution is 2.33. The maximum atomic E-state index is 11.9. The van der Waals surface area contributed by atoms with Crippen LogP contribution < -0.4 is 5.32 Å². The van der Waals surface area contributed by atoms with Gasteiger partial charge < -0.3 is 10.2 Å². The monoisotopic (exact) mass is 258 g/mol. The van der Waals surface area contributed by atoms with Gasteiger partial charge in [0.15, 0.2) is 0 Å². The van der Waals surface area contributed by atoms with Crippen LogP contribution in [0.4, 0.5) is 0 Å². The first-order chi connectivity index (χ1) is 7.89. The Bertz CT molecular complexity index is 260. The van der Waals surface area contributed by atoms with Crippen LogP contribution in [0.3, 0.4) is 0 Å². The van der Waals surface area contributed by atoms with Gasteiger partial charge in [-0.05, 0) is 32.9 Å². The fourth-order valence-electron chi connectivity index (χ4n) is 2.47. The average Bonchev–Trinajstić information content (AvgIpc) is 2.74. The Morgan fingerprint density at radius 3 is 2.29 bits per heavy atom. The number of hydrogen-bond donors (Lipinski definition) is 2. The van der Waals surface area contributed by atoms with Crippen LogP contribution in [0.5, 0.6) is 0 Å². The second-order valence-corrected chi connectivity index (χ2v) is 6.29. The fourth-order valence-corrected chi connectivity index (χ4v) is 2.57. The molecule has 1 saturated carbocycles. The Balaban J connectivity index is 2.51. The summed E-state index contributed by atoms with van der Waals surface area (Å²) in [5.74, 6) is 0.341. The van der Waals surface area contributed by atoms with Crippen LogP contribution in [0.2, 0.25) is 0 Å². The van der Waals surface area contributed by atoms with Crippen LogP contribution in [-0.2, 0) is 4.79 Å². The molecule has 0 heterocycles. The number of nitrogens with one attached hydrogen (secondary N) is 1. The molecule has 0 aromatic rings. The van der Waals surface area contributed by atoms with Crippen molar-refractivity contribution in [2.45, 2.75) is 50.3 Å². The van der Waals surface area contributed by atoms with Gasteiger partial charge in [-0.25, -0.2) is 0 Å². The van der Waals surface area contributed by atoms with Crippen molar-refractivity contribution < 1.29 is 4.79 Å². The Kier molecular flexibility index (Phi) is 5.32. The molecule has 1 fully saturated rings. The summed E-state index contributed by atoms with van der Waals surface area (Å²) in [4.78, 5) is 14.2. The Morgan fingerprint density at radius 2 is 1.88 bits per heavy atom. The molecule has 0 aromatic carbocycles. The van der Waals surface area contributed by atoms with E-state index in [1.54, 1.807) is 0 Å². The van der Waals surface area contributed by atoms with Gasteiger partial charge in [-0.15, -0.1) is 0 Å². The number of carbonyl (C=O) groups excluding carboxylic acids is 1. The quantitative estimate of drug-likeness (QED) is 0.739. The van der Waals surface area contributed by atoms with Gasteiger partial charge in [0.25, 0.3) is 0 Å². The highest BCUT2D eigenvalue weighted by Gasteiger charge is 2.36. The van der Waals surface area contributed by atoms with Crippen molar-refractivity contribution in [3.63, 3.8) is 0 Å². The minimum Gasteiger partial charge on any atom is -0.353 e.